The van der Waals surface area contributed by atoms with E-state index in [0.29, 0.717) is 6.54 Å². The van der Waals surface area contributed by atoms with E-state index in [9.17, 15) is 8.42 Å². The average Bonchev–Trinajstić information content (AvgIpc) is 2.55. The molecule has 0 radical (unpaired) electrons. The first-order chi connectivity index (χ1) is 11.4. The zero-order valence-electron chi connectivity index (χ0n) is 14.9. The molecular weight excluding hydrogens is 324 g/mol. The fraction of sp³-hybridized carbons (Fsp3) is 0.647. The normalized spacial score (nSPS) is 18.8. The largest absolute Gasteiger partial charge is 0.301 e. The molecule has 1 aromatic carbocycles. The van der Waals surface area contributed by atoms with E-state index in [-0.39, 0.29) is 12.1 Å². The molecule has 1 aliphatic heterocycles. The highest BCUT2D eigenvalue weighted by Crippen LogP contribution is 2.21. The monoisotopic (exact) mass is 354 g/mol. The Labute approximate surface area is 146 Å². The van der Waals surface area contributed by atoms with Gasteiger partial charge in [0.1, 0.15) is 0 Å². The molecule has 0 bridgehead atoms. The van der Waals surface area contributed by atoms with Crippen molar-refractivity contribution in [3.63, 3.8) is 0 Å². The van der Waals surface area contributed by atoms with Crippen molar-refractivity contribution in [1.82, 2.24) is 19.2 Å². The molecule has 1 heterocycles. The van der Waals surface area contributed by atoms with Crippen molar-refractivity contribution in [2.45, 2.75) is 32.9 Å². The first kappa shape index (κ1) is 19.3. The zero-order valence-corrected chi connectivity index (χ0v) is 15.7. The molecule has 1 atom stereocenters. The Hall–Kier alpha value is -0.990. The van der Waals surface area contributed by atoms with Crippen LogP contribution in [0.5, 0.6) is 0 Å². The highest BCUT2D eigenvalue weighted by Gasteiger charge is 2.26. The van der Waals surface area contributed by atoms with Gasteiger partial charge in [-0.15, -0.1) is 0 Å². The summed E-state index contributed by atoms with van der Waals surface area (Å²) in [6.07, 6.45) is 0. The maximum Gasteiger partial charge on any atom is 0.277 e. The molecule has 7 heteroatoms. The maximum atomic E-state index is 12.1. The van der Waals surface area contributed by atoms with Gasteiger partial charge in [-0.1, -0.05) is 37.3 Å². The lowest BCUT2D eigenvalue weighted by Crippen LogP contribution is -2.50. The van der Waals surface area contributed by atoms with Gasteiger partial charge in [-0.3, -0.25) is 4.90 Å². The molecular formula is C17H30N4O2S. The van der Waals surface area contributed by atoms with Crippen molar-refractivity contribution in [1.29, 1.82) is 0 Å². The topological polar surface area (TPSA) is 64.7 Å². The van der Waals surface area contributed by atoms with Crippen molar-refractivity contribution < 1.29 is 8.42 Å². The zero-order chi connectivity index (χ0) is 17.6. The number of benzene rings is 1. The number of likely N-dealkylation sites (N-methyl/N-ethyl adjacent to an activating group) is 1. The van der Waals surface area contributed by atoms with Crippen molar-refractivity contribution >= 4 is 10.2 Å². The van der Waals surface area contributed by atoms with Gasteiger partial charge in [0.2, 0.25) is 0 Å². The lowest BCUT2D eigenvalue weighted by atomic mass is 10.0. The van der Waals surface area contributed by atoms with Gasteiger partial charge in [-0.2, -0.15) is 13.1 Å². The summed E-state index contributed by atoms with van der Waals surface area (Å²) in [6.45, 7) is 11.2. The van der Waals surface area contributed by atoms with Gasteiger partial charge in [-0.25, -0.2) is 4.72 Å². The van der Waals surface area contributed by atoms with Crippen LogP contribution < -0.4 is 9.44 Å². The molecule has 0 aliphatic carbocycles. The Morgan fingerprint density at radius 2 is 1.71 bits per heavy atom. The molecule has 2 rings (SSSR count). The second-order valence-corrected chi connectivity index (χ2v) is 8.05. The Balaban J connectivity index is 2.07. The molecule has 1 aliphatic rings. The number of hydrogen-bond donors (Lipinski definition) is 2. The summed E-state index contributed by atoms with van der Waals surface area (Å²) in [4.78, 5) is 4.79. The molecule has 24 heavy (non-hydrogen) atoms. The van der Waals surface area contributed by atoms with Crippen LogP contribution in [-0.2, 0) is 10.2 Å². The van der Waals surface area contributed by atoms with E-state index in [1.54, 1.807) is 0 Å². The van der Waals surface area contributed by atoms with Crippen LogP contribution in [0.15, 0.2) is 30.3 Å². The third-order valence-corrected chi connectivity index (χ3v) is 5.67. The van der Waals surface area contributed by atoms with E-state index in [1.165, 1.54) is 0 Å². The fourth-order valence-corrected chi connectivity index (χ4v) is 4.15. The Bertz CT molecular complexity index is 584. The van der Waals surface area contributed by atoms with Gasteiger partial charge in [-0.05, 0) is 26.0 Å². The molecule has 1 saturated heterocycles. The van der Waals surface area contributed by atoms with E-state index in [1.807, 2.05) is 32.0 Å². The first-order valence-electron chi connectivity index (χ1n) is 8.69. The Kier molecular flexibility index (Phi) is 7.18. The minimum atomic E-state index is -3.48. The van der Waals surface area contributed by atoms with E-state index in [4.69, 9.17) is 0 Å². The average molecular weight is 355 g/mol. The minimum absolute atomic E-state index is 0.0499. The van der Waals surface area contributed by atoms with Crippen molar-refractivity contribution in [3.05, 3.63) is 35.9 Å². The van der Waals surface area contributed by atoms with Crippen LogP contribution in [0.25, 0.3) is 0 Å². The smallest absolute Gasteiger partial charge is 0.277 e. The highest BCUT2D eigenvalue weighted by atomic mass is 32.2. The van der Waals surface area contributed by atoms with Gasteiger partial charge in [0.25, 0.3) is 10.2 Å². The minimum Gasteiger partial charge on any atom is -0.301 e. The van der Waals surface area contributed by atoms with E-state index < -0.39 is 10.2 Å². The lowest BCUT2D eigenvalue weighted by molar-refractivity contribution is 0.100. The third kappa shape index (κ3) is 5.82. The summed E-state index contributed by atoms with van der Waals surface area (Å²) in [5.74, 6) is 0. The Morgan fingerprint density at radius 1 is 1.08 bits per heavy atom. The summed E-state index contributed by atoms with van der Waals surface area (Å²) >= 11 is 0. The number of nitrogens with one attached hydrogen (secondary N) is 2. The van der Waals surface area contributed by atoms with Gasteiger partial charge in [0, 0.05) is 44.8 Å². The summed E-state index contributed by atoms with van der Waals surface area (Å²) in [5, 5.41) is 0. The predicted octanol–water partition coefficient (Wildman–Crippen LogP) is 1.20. The summed E-state index contributed by atoms with van der Waals surface area (Å²) in [6, 6.07) is 10.1. The van der Waals surface area contributed by atoms with Gasteiger partial charge in [0.05, 0.1) is 0 Å². The van der Waals surface area contributed by atoms with Gasteiger partial charge in [0.15, 0.2) is 0 Å². The van der Waals surface area contributed by atoms with Crippen LogP contribution >= 0.6 is 0 Å². The second-order valence-electron chi connectivity index (χ2n) is 6.52. The fourth-order valence-electron chi connectivity index (χ4n) is 3.06. The molecule has 2 N–H and O–H groups in total. The summed E-state index contributed by atoms with van der Waals surface area (Å²) in [5.41, 5.74) is 1.15. The van der Waals surface area contributed by atoms with E-state index >= 15 is 0 Å². The Morgan fingerprint density at radius 3 is 2.25 bits per heavy atom. The number of nitrogens with zero attached hydrogens (tertiary/aromatic N) is 2. The van der Waals surface area contributed by atoms with Crippen LogP contribution in [-0.4, -0.2) is 63.5 Å². The van der Waals surface area contributed by atoms with Crippen LogP contribution in [0.4, 0.5) is 0 Å². The van der Waals surface area contributed by atoms with Crippen LogP contribution in [0.3, 0.4) is 0 Å². The molecule has 136 valence electrons. The molecule has 6 nitrogen and oxygen atoms in total. The quantitative estimate of drug-likeness (QED) is 0.736. The molecule has 0 saturated carbocycles. The number of piperazine rings is 1. The molecule has 1 fully saturated rings. The van der Waals surface area contributed by atoms with Crippen molar-refractivity contribution in [3.8, 4) is 0 Å². The SMILES string of the molecule is CCN1CCN(C(CNS(=O)(=O)NC(C)C)c2ccccc2)CC1. The molecule has 0 aromatic heterocycles. The van der Waals surface area contributed by atoms with E-state index in [2.05, 4.69) is 38.3 Å². The highest BCUT2D eigenvalue weighted by molar-refractivity contribution is 7.87. The van der Waals surface area contributed by atoms with Crippen LogP contribution in [0, 0.1) is 0 Å². The molecule has 0 amide bonds. The van der Waals surface area contributed by atoms with Crippen molar-refractivity contribution in [2.24, 2.45) is 0 Å². The maximum absolute atomic E-state index is 12.1. The predicted molar refractivity (Wildman–Crippen MR) is 98.1 cm³/mol. The van der Waals surface area contributed by atoms with Crippen LogP contribution in [0.1, 0.15) is 32.4 Å². The molecule has 1 unspecified atom stereocenters. The van der Waals surface area contributed by atoms with E-state index in [0.717, 1.165) is 38.3 Å². The third-order valence-electron chi connectivity index (χ3n) is 4.34. The standard InChI is InChI=1S/C17H30N4O2S/c1-4-20-10-12-21(13-11-20)17(16-8-6-5-7-9-16)14-18-24(22,23)19-15(2)3/h5-9,15,17-19H,4,10-14H2,1-3H3. The van der Waals surface area contributed by atoms with Crippen molar-refractivity contribution in [2.75, 3.05) is 39.3 Å². The first-order valence-corrected chi connectivity index (χ1v) is 10.2. The molecule has 1 aromatic rings. The van der Waals surface area contributed by atoms with Gasteiger partial charge >= 0.3 is 0 Å². The summed E-state index contributed by atoms with van der Waals surface area (Å²) < 4.78 is 29.5. The second kappa shape index (κ2) is 8.92. The number of hydrogen-bond acceptors (Lipinski definition) is 4. The molecule has 0 spiro atoms. The van der Waals surface area contributed by atoms with Crippen LogP contribution in [0.2, 0.25) is 0 Å². The van der Waals surface area contributed by atoms with Gasteiger partial charge < -0.3 is 4.90 Å². The number of rotatable bonds is 8. The summed E-state index contributed by atoms with van der Waals surface area (Å²) in [7, 11) is -3.48. The lowest BCUT2D eigenvalue weighted by Gasteiger charge is -2.39.